The first-order valence-electron chi connectivity index (χ1n) is 7.30. The van der Waals surface area contributed by atoms with Gasteiger partial charge in [-0.1, -0.05) is 13.8 Å². The number of likely N-dealkylation sites (N-methyl/N-ethyl adjacent to an activating group) is 1. The summed E-state index contributed by atoms with van der Waals surface area (Å²) in [5.74, 6) is 1.23. The lowest BCUT2D eigenvalue weighted by atomic mass is 10.0. The molecule has 1 unspecified atom stereocenters. The number of carbonyl (C=O) groups excluding carboxylic acids is 1. The number of hydrogen-bond acceptors (Lipinski definition) is 3. The number of piperazine rings is 1. The van der Waals surface area contributed by atoms with Crippen LogP contribution in [0.3, 0.4) is 0 Å². The predicted molar refractivity (Wildman–Crippen MR) is 80.7 cm³/mol. The molecule has 1 aliphatic heterocycles. The van der Waals surface area contributed by atoms with Crippen LogP contribution in [0.5, 0.6) is 0 Å². The van der Waals surface area contributed by atoms with Gasteiger partial charge in [-0.15, -0.1) is 11.6 Å². The Hall–Kier alpha value is -0.320. The molecule has 0 radical (unpaired) electrons. The van der Waals surface area contributed by atoms with Crippen LogP contribution in [0.25, 0.3) is 0 Å². The van der Waals surface area contributed by atoms with Crippen molar-refractivity contribution in [2.45, 2.75) is 32.7 Å². The van der Waals surface area contributed by atoms with E-state index in [4.69, 9.17) is 11.6 Å². The summed E-state index contributed by atoms with van der Waals surface area (Å²) in [5.41, 5.74) is 0. The summed E-state index contributed by atoms with van der Waals surface area (Å²) in [6, 6.07) is 0.439. The highest BCUT2D eigenvalue weighted by Gasteiger charge is 2.25. The maximum atomic E-state index is 11.7. The topological polar surface area (TPSA) is 35.6 Å². The molecule has 1 saturated heterocycles. The van der Waals surface area contributed by atoms with Crippen LogP contribution in [-0.2, 0) is 4.79 Å². The average Bonchev–Trinajstić information content (AvgIpc) is 2.38. The molecule has 0 aromatic rings. The van der Waals surface area contributed by atoms with Crippen LogP contribution in [0.1, 0.15) is 26.7 Å². The second kappa shape index (κ2) is 8.77. The van der Waals surface area contributed by atoms with Crippen LogP contribution in [-0.4, -0.2) is 67.4 Å². The van der Waals surface area contributed by atoms with Gasteiger partial charge < -0.3 is 10.2 Å². The largest absolute Gasteiger partial charge is 0.355 e. The van der Waals surface area contributed by atoms with Crippen LogP contribution in [0.4, 0.5) is 0 Å². The number of rotatable bonds is 7. The zero-order valence-electron chi connectivity index (χ0n) is 12.5. The molecule has 112 valence electrons. The maximum Gasteiger partial charge on any atom is 0.220 e. The molecule has 1 heterocycles. The molecule has 5 heteroatoms. The van der Waals surface area contributed by atoms with Crippen molar-refractivity contribution < 1.29 is 4.79 Å². The molecule has 0 aromatic carbocycles. The van der Waals surface area contributed by atoms with Crippen molar-refractivity contribution in [3.63, 3.8) is 0 Å². The smallest absolute Gasteiger partial charge is 0.220 e. The molecule has 4 nitrogen and oxygen atoms in total. The normalized spacial score (nSPS) is 19.6. The van der Waals surface area contributed by atoms with Crippen molar-refractivity contribution in [1.82, 2.24) is 15.1 Å². The van der Waals surface area contributed by atoms with Crippen LogP contribution in [0.15, 0.2) is 0 Å². The van der Waals surface area contributed by atoms with Crippen LogP contribution in [0, 0.1) is 5.92 Å². The third kappa shape index (κ3) is 6.11. The van der Waals surface area contributed by atoms with Gasteiger partial charge in [0.2, 0.25) is 5.91 Å². The maximum absolute atomic E-state index is 11.7. The molecular formula is C14H28ClN3O. The SMILES string of the molecule is CC(C)C(CNC(=O)CCCCl)N1CCN(C)CC1. The lowest BCUT2D eigenvalue weighted by Crippen LogP contribution is -2.54. The van der Waals surface area contributed by atoms with E-state index in [0.29, 0.717) is 24.3 Å². The summed E-state index contributed by atoms with van der Waals surface area (Å²) in [7, 11) is 2.16. The van der Waals surface area contributed by atoms with Crippen molar-refractivity contribution in [2.24, 2.45) is 5.92 Å². The molecular weight excluding hydrogens is 262 g/mol. The Bertz CT molecular complexity index is 265. The first-order chi connectivity index (χ1) is 9.04. The molecule has 1 atom stereocenters. The van der Waals surface area contributed by atoms with E-state index in [1.165, 1.54) is 0 Å². The third-order valence-corrected chi connectivity index (χ3v) is 4.09. The fraction of sp³-hybridized carbons (Fsp3) is 0.929. The fourth-order valence-electron chi connectivity index (χ4n) is 2.47. The van der Waals surface area contributed by atoms with E-state index in [1.54, 1.807) is 0 Å². The Morgan fingerprint density at radius 3 is 2.42 bits per heavy atom. The molecule has 1 fully saturated rings. The van der Waals surface area contributed by atoms with E-state index in [2.05, 4.69) is 36.0 Å². The van der Waals surface area contributed by atoms with E-state index < -0.39 is 0 Å². The Morgan fingerprint density at radius 1 is 1.26 bits per heavy atom. The molecule has 1 aliphatic rings. The Balaban J connectivity index is 2.38. The first-order valence-corrected chi connectivity index (χ1v) is 7.83. The van der Waals surface area contributed by atoms with Gasteiger partial charge in [0.15, 0.2) is 0 Å². The van der Waals surface area contributed by atoms with E-state index in [-0.39, 0.29) is 5.91 Å². The number of nitrogens with zero attached hydrogens (tertiary/aromatic N) is 2. The van der Waals surface area contributed by atoms with Crippen molar-refractivity contribution in [2.75, 3.05) is 45.7 Å². The fourth-order valence-corrected chi connectivity index (χ4v) is 2.61. The van der Waals surface area contributed by atoms with E-state index >= 15 is 0 Å². The summed E-state index contributed by atoms with van der Waals surface area (Å²) in [6.07, 6.45) is 1.30. The second-order valence-corrected chi connectivity index (χ2v) is 6.13. The molecule has 0 bridgehead atoms. The summed E-state index contributed by atoms with van der Waals surface area (Å²) < 4.78 is 0. The number of carbonyl (C=O) groups is 1. The van der Waals surface area contributed by atoms with Crippen LogP contribution in [0.2, 0.25) is 0 Å². The summed E-state index contributed by atoms with van der Waals surface area (Å²) in [5, 5.41) is 3.05. The zero-order valence-corrected chi connectivity index (χ0v) is 13.2. The van der Waals surface area contributed by atoms with Gasteiger partial charge in [0.05, 0.1) is 0 Å². The van der Waals surface area contributed by atoms with Crippen molar-refractivity contribution in [3.05, 3.63) is 0 Å². The second-order valence-electron chi connectivity index (χ2n) is 5.75. The van der Waals surface area contributed by atoms with Gasteiger partial charge in [0.1, 0.15) is 0 Å². The molecule has 0 aliphatic carbocycles. The van der Waals surface area contributed by atoms with Gasteiger partial charge in [-0.05, 0) is 19.4 Å². The Kier molecular flexibility index (Phi) is 7.73. The van der Waals surface area contributed by atoms with Crippen molar-refractivity contribution in [1.29, 1.82) is 0 Å². The number of alkyl halides is 1. The van der Waals surface area contributed by atoms with Gasteiger partial charge in [-0.3, -0.25) is 9.69 Å². The van der Waals surface area contributed by atoms with E-state index in [9.17, 15) is 4.79 Å². The molecule has 1 amide bonds. The Morgan fingerprint density at radius 2 is 1.89 bits per heavy atom. The number of halogens is 1. The Labute approximate surface area is 122 Å². The minimum atomic E-state index is 0.125. The molecule has 0 spiro atoms. The highest BCUT2D eigenvalue weighted by Crippen LogP contribution is 2.12. The highest BCUT2D eigenvalue weighted by atomic mass is 35.5. The van der Waals surface area contributed by atoms with E-state index in [1.807, 2.05) is 0 Å². The van der Waals surface area contributed by atoms with Gasteiger partial charge in [-0.25, -0.2) is 0 Å². The van der Waals surface area contributed by atoms with E-state index in [0.717, 1.165) is 39.1 Å². The van der Waals surface area contributed by atoms with Crippen LogP contribution < -0.4 is 5.32 Å². The quantitative estimate of drug-likeness (QED) is 0.720. The minimum Gasteiger partial charge on any atom is -0.355 e. The monoisotopic (exact) mass is 289 g/mol. The van der Waals surface area contributed by atoms with Crippen molar-refractivity contribution in [3.8, 4) is 0 Å². The van der Waals surface area contributed by atoms with Crippen molar-refractivity contribution >= 4 is 17.5 Å². The summed E-state index contributed by atoms with van der Waals surface area (Å²) in [4.78, 5) is 16.5. The highest BCUT2D eigenvalue weighted by molar-refractivity contribution is 6.17. The minimum absolute atomic E-state index is 0.125. The third-order valence-electron chi connectivity index (χ3n) is 3.82. The predicted octanol–water partition coefficient (Wildman–Crippen LogP) is 1.39. The van der Waals surface area contributed by atoms with Crippen LogP contribution >= 0.6 is 11.6 Å². The summed E-state index contributed by atoms with van der Waals surface area (Å²) in [6.45, 7) is 9.63. The summed E-state index contributed by atoms with van der Waals surface area (Å²) >= 11 is 5.60. The lowest BCUT2D eigenvalue weighted by molar-refractivity contribution is -0.121. The average molecular weight is 290 g/mol. The zero-order chi connectivity index (χ0) is 14.3. The molecule has 1 rings (SSSR count). The van der Waals surface area contributed by atoms with Gasteiger partial charge >= 0.3 is 0 Å². The number of nitrogens with one attached hydrogen (secondary N) is 1. The van der Waals surface area contributed by atoms with Gasteiger partial charge in [-0.2, -0.15) is 0 Å². The number of amides is 1. The molecule has 0 aromatic heterocycles. The van der Waals surface area contributed by atoms with Gasteiger partial charge in [0.25, 0.3) is 0 Å². The lowest BCUT2D eigenvalue weighted by Gasteiger charge is -2.39. The number of hydrogen-bond donors (Lipinski definition) is 1. The van der Waals surface area contributed by atoms with Gasteiger partial charge in [0, 0.05) is 51.1 Å². The molecule has 1 N–H and O–H groups in total. The standard InChI is InChI=1S/C14H28ClN3O/c1-12(2)13(11-16-14(19)5-4-6-15)18-9-7-17(3)8-10-18/h12-13H,4-11H2,1-3H3,(H,16,19). The molecule has 19 heavy (non-hydrogen) atoms. The molecule has 0 saturated carbocycles. The first kappa shape index (κ1) is 16.7.